The summed E-state index contributed by atoms with van der Waals surface area (Å²) in [7, 11) is 0. The van der Waals surface area contributed by atoms with Crippen LogP contribution < -0.4 is 4.74 Å². The third-order valence-electron chi connectivity index (χ3n) is 2.61. The van der Waals surface area contributed by atoms with Gasteiger partial charge in [-0.1, -0.05) is 20.8 Å². The van der Waals surface area contributed by atoms with Crippen molar-refractivity contribution in [3.8, 4) is 5.75 Å². The van der Waals surface area contributed by atoms with E-state index in [-0.39, 0.29) is 10.3 Å². The fourth-order valence-corrected chi connectivity index (χ4v) is 2.53. The highest BCUT2D eigenvalue weighted by atomic mass is 32.1. The lowest BCUT2D eigenvalue weighted by molar-refractivity contribution is 0.0697. The van der Waals surface area contributed by atoms with Crippen molar-refractivity contribution >= 4 is 17.3 Å². The van der Waals surface area contributed by atoms with E-state index in [9.17, 15) is 9.90 Å². The monoisotopic (exact) mass is 280 g/mol. The van der Waals surface area contributed by atoms with Crippen molar-refractivity contribution < 1.29 is 19.1 Å². The number of aromatic carboxylic acids is 1. The van der Waals surface area contributed by atoms with Gasteiger partial charge in [0.2, 0.25) is 0 Å². The van der Waals surface area contributed by atoms with E-state index in [2.05, 4.69) is 0 Å². The molecule has 0 saturated heterocycles. The molecule has 2 rings (SSSR count). The fraction of sp³-hybridized carbons (Fsp3) is 0.357. The lowest BCUT2D eigenvalue weighted by Crippen LogP contribution is -2.08. The molecule has 0 bridgehead atoms. The van der Waals surface area contributed by atoms with Gasteiger partial charge in [-0.3, -0.25) is 0 Å². The summed E-state index contributed by atoms with van der Waals surface area (Å²) in [5, 5.41) is 9.21. The first kappa shape index (κ1) is 13.7. The fourth-order valence-electron chi connectivity index (χ4n) is 1.54. The molecule has 0 aliphatic carbocycles. The summed E-state index contributed by atoms with van der Waals surface area (Å²) in [5.74, 6) is -0.536. The van der Waals surface area contributed by atoms with Gasteiger partial charge in [0, 0.05) is 10.4 Å². The zero-order valence-corrected chi connectivity index (χ0v) is 11.9. The van der Waals surface area contributed by atoms with Crippen molar-refractivity contribution in [1.29, 1.82) is 0 Å². The molecule has 0 fully saturated rings. The molecule has 2 heterocycles. The summed E-state index contributed by atoms with van der Waals surface area (Å²) >= 11 is 1.26. The minimum Gasteiger partial charge on any atom is -0.487 e. The number of carbonyl (C=O) groups is 1. The molecule has 0 spiro atoms. The number of thiophene rings is 1. The maximum Gasteiger partial charge on any atom is 0.349 e. The first-order chi connectivity index (χ1) is 8.88. The van der Waals surface area contributed by atoms with Crippen LogP contribution in [0.25, 0.3) is 0 Å². The molecule has 2 aromatic heterocycles. The molecule has 19 heavy (non-hydrogen) atoms. The van der Waals surface area contributed by atoms with Crippen LogP contribution in [0.5, 0.6) is 5.75 Å². The third kappa shape index (κ3) is 3.17. The molecule has 0 aliphatic rings. The zero-order valence-electron chi connectivity index (χ0n) is 11.1. The standard InChI is InChI=1S/C14H16O4S/c1-14(2,3)11-6-10(12(19-11)13(15)16)18-8-9-4-5-17-7-9/h4-7H,8H2,1-3H3,(H,15,16). The van der Waals surface area contributed by atoms with Crippen molar-refractivity contribution in [2.75, 3.05) is 0 Å². The summed E-state index contributed by atoms with van der Waals surface area (Å²) in [4.78, 5) is 12.5. The summed E-state index contributed by atoms with van der Waals surface area (Å²) < 4.78 is 10.5. The second kappa shape index (κ2) is 5.09. The van der Waals surface area contributed by atoms with E-state index >= 15 is 0 Å². The highest BCUT2D eigenvalue weighted by molar-refractivity contribution is 7.14. The van der Waals surface area contributed by atoms with Gasteiger partial charge in [-0.25, -0.2) is 4.79 Å². The van der Waals surface area contributed by atoms with E-state index < -0.39 is 5.97 Å². The molecular weight excluding hydrogens is 264 g/mol. The normalized spacial score (nSPS) is 11.5. The lowest BCUT2D eigenvalue weighted by atomic mass is 9.95. The molecule has 2 aromatic rings. The van der Waals surface area contributed by atoms with Crippen LogP contribution in [-0.4, -0.2) is 11.1 Å². The maximum absolute atomic E-state index is 11.2. The molecule has 1 N–H and O–H groups in total. The predicted molar refractivity (Wildman–Crippen MR) is 73.0 cm³/mol. The van der Waals surface area contributed by atoms with Gasteiger partial charge in [0.15, 0.2) is 4.88 Å². The Hall–Kier alpha value is -1.75. The molecule has 5 heteroatoms. The van der Waals surface area contributed by atoms with E-state index in [4.69, 9.17) is 9.15 Å². The van der Waals surface area contributed by atoms with E-state index in [1.165, 1.54) is 11.3 Å². The zero-order chi connectivity index (χ0) is 14.0. The maximum atomic E-state index is 11.2. The van der Waals surface area contributed by atoms with Gasteiger partial charge in [-0.2, -0.15) is 0 Å². The predicted octanol–water partition coefficient (Wildman–Crippen LogP) is 3.92. The van der Waals surface area contributed by atoms with Crippen LogP contribution in [0, 0.1) is 0 Å². The number of ether oxygens (including phenoxy) is 1. The highest BCUT2D eigenvalue weighted by Crippen LogP contribution is 2.37. The van der Waals surface area contributed by atoms with Crippen LogP contribution in [0.15, 0.2) is 29.1 Å². The Morgan fingerprint density at radius 1 is 1.47 bits per heavy atom. The first-order valence-electron chi connectivity index (χ1n) is 5.89. The van der Waals surface area contributed by atoms with E-state index in [1.54, 1.807) is 18.6 Å². The molecule has 0 aromatic carbocycles. The molecule has 0 radical (unpaired) electrons. The van der Waals surface area contributed by atoms with Crippen LogP contribution in [0.1, 0.15) is 40.9 Å². The summed E-state index contributed by atoms with van der Waals surface area (Å²) in [5.41, 5.74) is 0.784. The SMILES string of the molecule is CC(C)(C)c1cc(OCc2ccoc2)c(C(=O)O)s1. The van der Waals surface area contributed by atoms with Crippen molar-refractivity contribution in [3.63, 3.8) is 0 Å². The molecule has 0 unspecified atom stereocenters. The quantitative estimate of drug-likeness (QED) is 0.922. The van der Waals surface area contributed by atoms with E-state index in [1.807, 2.05) is 26.8 Å². The Kier molecular flexibility index (Phi) is 3.66. The smallest absolute Gasteiger partial charge is 0.349 e. The Morgan fingerprint density at radius 3 is 2.74 bits per heavy atom. The Morgan fingerprint density at radius 2 is 2.21 bits per heavy atom. The number of hydrogen-bond acceptors (Lipinski definition) is 4. The van der Waals surface area contributed by atoms with Gasteiger partial charge in [0.05, 0.1) is 12.5 Å². The Labute approximate surface area is 115 Å². The number of furan rings is 1. The van der Waals surface area contributed by atoms with Crippen molar-refractivity contribution in [1.82, 2.24) is 0 Å². The molecular formula is C14H16O4S. The molecule has 102 valence electrons. The largest absolute Gasteiger partial charge is 0.487 e. The minimum atomic E-state index is -0.956. The molecule has 4 nitrogen and oxygen atoms in total. The van der Waals surface area contributed by atoms with Crippen LogP contribution in [0.3, 0.4) is 0 Å². The van der Waals surface area contributed by atoms with Crippen LogP contribution in [0.2, 0.25) is 0 Å². The molecule has 0 amide bonds. The van der Waals surface area contributed by atoms with Crippen LogP contribution in [-0.2, 0) is 12.0 Å². The lowest BCUT2D eigenvalue weighted by Gasteiger charge is -2.14. The number of hydrogen-bond donors (Lipinski definition) is 1. The second-order valence-electron chi connectivity index (χ2n) is 5.28. The van der Waals surface area contributed by atoms with Gasteiger partial charge in [0.25, 0.3) is 0 Å². The minimum absolute atomic E-state index is 0.0912. The number of carboxylic acids is 1. The van der Waals surface area contributed by atoms with Gasteiger partial charge in [0.1, 0.15) is 12.4 Å². The summed E-state index contributed by atoms with van der Waals surface area (Å²) in [6.07, 6.45) is 3.14. The number of carboxylic acid groups (broad SMARTS) is 1. The average molecular weight is 280 g/mol. The van der Waals surface area contributed by atoms with Crippen LogP contribution in [0.4, 0.5) is 0 Å². The van der Waals surface area contributed by atoms with Crippen molar-refractivity contribution in [3.05, 3.63) is 40.0 Å². The first-order valence-corrected chi connectivity index (χ1v) is 6.71. The van der Waals surface area contributed by atoms with Crippen LogP contribution >= 0.6 is 11.3 Å². The number of rotatable bonds is 4. The van der Waals surface area contributed by atoms with Gasteiger partial charge >= 0.3 is 5.97 Å². The second-order valence-corrected chi connectivity index (χ2v) is 6.33. The molecule has 0 saturated carbocycles. The Bertz CT molecular complexity index is 561. The van der Waals surface area contributed by atoms with Gasteiger partial charge in [-0.15, -0.1) is 11.3 Å². The van der Waals surface area contributed by atoms with Crippen molar-refractivity contribution in [2.45, 2.75) is 32.8 Å². The third-order valence-corrected chi connectivity index (χ3v) is 4.14. The van der Waals surface area contributed by atoms with Crippen molar-refractivity contribution in [2.24, 2.45) is 0 Å². The van der Waals surface area contributed by atoms with E-state index in [0.29, 0.717) is 12.4 Å². The molecule has 0 aliphatic heterocycles. The Balaban J connectivity index is 2.23. The summed E-state index contributed by atoms with van der Waals surface area (Å²) in [6, 6.07) is 3.60. The molecule has 0 atom stereocenters. The summed E-state index contributed by atoms with van der Waals surface area (Å²) in [6.45, 7) is 6.44. The highest BCUT2D eigenvalue weighted by Gasteiger charge is 2.23. The van der Waals surface area contributed by atoms with Gasteiger partial charge in [-0.05, 0) is 17.5 Å². The average Bonchev–Trinajstić information content (AvgIpc) is 2.94. The van der Waals surface area contributed by atoms with E-state index in [0.717, 1.165) is 10.4 Å². The topological polar surface area (TPSA) is 59.7 Å². The van der Waals surface area contributed by atoms with Gasteiger partial charge < -0.3 is 14.3 Å².